The smallest absolute Gasteiger partial charge is 0.394 e. The highest BCUT2D eigenvalue weighted by Crippen LogP contribution is 2.31. The van der Waals surface area contributed by atoms with Gasteiger partial charge in [-0.3, -0.25) is 4.79 Å². The molecule has 1 saturated heterocycles. The maximum atomic E-state index is 13.1. The Bertz CT molecular complexity index is 1190. The van der Waals surface area contributed by atoms with Crippen LogP contribution in [0.15, 0.2) is 35.5 Å². The summed E-state index contributed by atoms with van der Waals surface area (Å²) < 4.78 is 77.6. The molecule has 38 heavy (non-hydrogen) atoms. The molecule has 17 heteroatoms. The minimum atomic E-state index is -4.89. The minimum Gasteiger partial charge on any atom is -0.394 e. The number of nitrogens with one attached hydrogen (secondary N) is 3. The summed E-state index contributed by atoms with van der Waals surface area (Å²) in [5.41, 5.74) is -4.28. The molecular formula is C21H24F6N8O3. The molecule has 1 unspecified atom stereocenters. The Morgan fingerprint density at radius 3 is 2.47 bits per heavy atom. The second kappa shape index (κ2) is 11.7. The zero-order valence-corrected chi connectivity index (χ0v) is 19.8. The highest BCUT2D eigenvalue weighted by atomic mass is 19.4. The molecule has 1 aliphatic rings. The van der Waals surface area contributed by atoms with Crippen molar-refractivity contribution in [2.24, 2.45) is 0 Å². The maximum absolute atomic E-state index is 13.1. The first kappa shape index (κ1) is 28.7. The van der Waals surface area contributed by atoms with Crippen LogP contribution in [-0.4, -0.2) is 81.1 Å². The number of hydrogen-bond donors (Lipinski definition) is 4. The van der Waals surface area contributed by atoms with Crippen LogP contribution in [0, 0.1) is 0 Å². The van der Waals surface area contributed by atoms with Crippen LogP contribution < -0.4 is 21.1 Å². The van der Waals surface area contributed by atoms with E-state index < -0.39 is 59.4 Å². The fourth-order valence-electron chi connectivity index (χ4n) is 3.69. The summed E-state index contributed by atoms with van der Waals surface area (Å²) in [7, 11) is 0. The van der Waals surface area contributed by atoms with Gasteiger partial charge < -0.3 is 25.5 Å². The van der Waals surface area contributed by atoms with E-state index in [1.54, 1.807) is 10.00 Å². The van der Waals surface area contributed by atoms with E-state index in [2.05, 4.69) is 25.7 Å². The van der Waals surface area contributed by atoms with Crippen molar-refractivity contribution >= 4 is 17.7 Å². The monoisotopic (exact) mass is 550 g/mol. The molecule has 0 aromatic carbocycles. The van der Waals surface area contributed by atoms with E-state index in [0.29, 0.717) is 12.4 Å². The summed E-state index contributed by atoms with van der Waals surface area (Å²) in [6.07, 6.45) is -4.32. The number of nitrogens with zero attached hydrogens (tertiary/aromatic N) is 5. The number of alkyl halides is 6. The molecular weight excluding hydrogens is 526 g/mol. The summed E-state index contributed by atoms with van der Waals surface area (Å²) in [5, 5.41) is 20.0. The number of aromatic amines is 1. The molecule has 1 aliphatic heterocycles. The Hall–Kier alpha value is -3.89. The molecule has 0 bridgehead atoms. The standard InChI is InChI=1S/C21H24F6N8O3/c1-12(32-15-9-31-33-17(37)16(15)21(25,26)27)3-2-4-28-19(38)35-6-5-34(10-14(35)11-36)18-29-7-13(8-30-18)20(22,23)24/h2-3,7-9,12,14,36H,4-6,10-11H2,1H3,(H,28,38)(H2,32,33,37)/b3-2+/t12-,14?/m0/s1. The minimum absolute atomic E-state index is 0.00494. The molecule has 208 valence electrons. The first-order valence-corrected chi connectivity index (χ1v) is 11.2. The first-order chi connectivity index (χ1) is 17.8. The van der Waals surface area contributed by atoms with Gasteiger partial charge in [-0.2, -0.15) is 31.4 Å². The summed E-state index contributed by atoms with van der Waals surface area (Å²) in [6.45, 7) is 1.52. The largest absolute Gasteiger partial charge is 0.423 e. The molecule has 2 amide bonds. The number of halogens is 6. The number of hydrogen-bond acceptors (Lipinski definition) is 8. The number of piperazine rings is 1. The van der Waals surface area contributed by atoms with Gasteiger partial charge in [-0.05, 0) is 6.92 Å². The maximum Gasteiger partial charge on any atom is 0.423 e. The third kappa shape index (κ3) is 7.11. The van der Waals surface area contributed by atoms with Crippen LogP contribution >= 0.6 is 0 Å². The third-order valence-electron chi connectivity index (χ3n) is 5.52. The molecule has 3 heterocycles. The third-order valence-corrected chi connectivity index (χ3v) is 5.52. The predicted octanol–water partition coefficient (Wildman–Crippen LogP) is 1.85. The van der Waals surface area contributed by atoms with Crippen molar-refractivity contribution in [1.29, 1.82) is 0 Å². The van der Waals surface area contributed by atoms with E-state index >= 15 is 0 Å². The van der Waals surface area contributed by atoms with Gasteiger partial charge in [-0.25, -0.2) is 19.9 Å². The number of anilines is 2. The van der Waals surface area contributed by atoms with Gasteiger partial charge in [0, 0.05) is 44.6 Å². The Kier molecular flexibility index (Phi) is 8.80. The van der Waals surface area contributed by atoms with E-state index in [4.69, 9.17) is 0 Å². The van der Waals surface area contributed by atoms with E-state index in [0.717, 1.165) is 6.20 Å². The number of amides is 2. The van der Waals surface area contributed by atoms with Gasteiger partial charge in [-0.15, -0.1) is 0 Å². The normalized spacial score (nSPS) is 17.5. The molecule has 0 aliphatic carbocycles. The zero-order chi connectivity index (χ0) is 28.1. The average molecular weight is 550 g/mol. The summed E-state index contributed by atoms with van der Waals surface area (Å²) in [4.78, 5) is 34.5. The first-order valence-electron chi connectivity index (χ1n) is 11.2. The number of urea groups is 1. The summed E-state index contributed by atoms with van der Waals surface area (Å²) in [6, 6.07) is -1.88. The molecule has 0 radical (unpaired) electrons. The van der Waals surface area contributed by atoms with Crippen LogP contribution in [0.2, 0.25) is 0 Å². The van der Waals surface area contributed by atoms with Gasteiger partial charge in [0.2, 0.25) is 5.95 Å². The topological polar surface area (TPSA) is 139 Å². The zero-order valence-electron chi connectivity index (χ0n) is 19.8. The number of aliphatic hydroxyl groups excluding tert-OH is 1. The molecule has 2 aromatic rings. The van der Waals surface area contributed by atoms with Crippen LogP contribution in [0.5, 0.6) is 0 Å². The molecule has 4 N–H and O–H groups in total. The van der Waals surface area contributed by atoms with Gasteiger partial charge in [0.05, 0.1) is 30.1 Å². The van der Waals surface area contributed by atoms with Crippen LogP contribution in [0.1, 0.15) is 18.1 Å². The average Bonchev–Trinajstić information content (AvgIpc) is 2.85. The SMILES string of the molecule is C[C@@H](/C=C/CNC(=O)N1CCN(c2ncc(C(F)(F)F)cn2)CC1CO)Nc1cn[nH]c(=O)c1C(F)(F)F. The summed E-state index contributed by atoms with van der Waals surface area (Å²) in [5.74, 6) is 0.0326. The molecule has 11 nitrogen and oxygen atoms in total. The quantitative estimate of drug-likeness (QED) is 0.303. The number of aromatic nitrogens is 4. The van der Waals surface area contributed by atoms with E-state index in [-0.39, 0.29) is 32.1 Å². The van der Waals surface area contributed by atoms with Crippen molar-refractivity contribution in [3.05, 3.63) is 52.2 Å². The Morgan fingerprint density at radius 1 is 1.18 bits per heavy atom. The van der Waals surface area contributed by atoms with Gasteiger partial charge in [0.25, 0.3) is 5.56 Å². The van der Waals surface area contributed by atoms with Crippen LogP contribution in [-0.2, 0) is 12.4 Å². The van der Waals surface area contributed by atoms with Gasteiger partial charge in [0.15, 0.2) is 0 Å². The van der Waals surface area contributed by atoms with Crippen molar-refractivity contribution in [2.75, 3.05) is 43.0 Å². The van der Waals surface area contributed by atoms with Gasteiger partial charge in [-0.1, -0.05) is 12.2 Å². The van der Waals surface area contributed by atoms with E-state index in [9.17, 15) is 41.0 Å². The van der Waals surface area contributed by atoms with Gasteiger partial charge in [0.1, 0.15) is 5.56 Å². The van der Waals surface area contributed by atoms with Crippen LogP contribution in [0.4, 0.5) is 42.8 Å². The second-order valence-electron chi connectivity index (χ2n) is 8.28. The van der Waals surface area contributed by atoms with Gasteiger partial charge >= 0.3 is 18.4 Å². The molecule has 2 atom stereocenters. The molecule has 3 rings (SSSR count). The fraction of sp³-hybridized carbons (Fsp3) is 0.476. The molecule has 2 aromatic heterocycles. The van der Waals surface area contributed by atoms with Crippen molar-refractivity contribution in [3.8, 4) is 0 Å². The lowest BCUT2D eigenvalue weighted by atomic mass is 10.2. The second-order valence-corrected chi connectivity index (χ2v) is 8.28. The highest BCUT2D eigenvalue weighted by Gasteiger charge is 2.37. The molecule has 1 fully saturated rings. The lowest BCUT2D eigenvalue weighted by Gasteiger charge is -2.40. The van der Waals surface area contributed by atoms with Crippen molar-refractivity contribution in [3.63, 3.8) is 0 Å². The number of carbonyl (C=O) groups excluding carboxylic acids is 1. The van der Waals surface area contributed by atoms with Crippen molar-refractivity contribution in [2.45, 2.75) is 31.4 Å². The van der Waals surface area contributed by atoms with E-state index in [1.165, 1.54) is 24.0 Å². The lowest BCUT2D eigenvalue weighted by Crippen LogP contribution is -2.59. The number of carbonyl (C=O) groups is 1. The predicted molar refractivity (Wildman–Crippen MR) is 122 cm³/mol. The van der Waals surface area contributed by atoms with Crippen molar-refractivity contribution in [1.82, 2.24) is 30.4 Å². The lowest BCUT2D eigenvalue weighted by molar-refractivity contribution is -0.139. The van der Waals surface area contributed by atoms with Crippen LogP contribution in [0.25, 0.3) is 0 Å². The number of aliphatic hydroxyl groups is 1. The van der Waals surface area contributed by atoms with Crippen molar-refractivity contribution < 1.29 is 36.2 Å². The number of rotatable bonds is 7. The Morgan fingerprint density at radius 2 is 1.87 bits per heavy atom. The Balaban J connectivity index is 1.52. The highest BCUT2D eigenvalue weighted by molar-refractivity contribution is 5.75. The molecule has 0 saturated carbocycles. The summed E-state index contributed by atoms with van der Waals surface area (Å²) >= 11 is 0. The Labute approximate surface area is 211 Å². The van der Waals surface area contributed by atoms with E-state index in [1.807, 2.05) is 0 Å². The fourth-order valence-corrected chi connectivity index (χ4v) is 3.69. The molecule has 0 spiro atoms. The number of H-pyrrole nitrogens is 1. The van der Waals surface area contributed by atoms with Crippen LogP contribution in [0.3, 0.4) is 0 Å².